The molecule has 0 saturated carbocycles. The van der Waals surface area contributed by atoms with E-state index < -0.39 is 35.0 Å². The maximum Gasteiger partial charge on any atom is 0.262 e. The number of unbranched alkanes of at least 4 members (excludes halogenated alkanes) is 1. The summed E-state index contributed by atoms with van der Waals surface area (Å²) in [5.41, 5.74) is 1.67. The van der Waals surface area contributed by atoms with Crippen LogP contribution in [-0.4, -0.2) is 23.6 Å². The van der Waals surface area contributed by atoms with Gasteiger partial charge in [0.05, 0.1) is 23.0 Å². The van der Waals surface area contributed by atoms with Crippen molar-refractivity contribution in [2.75, 3.05) is 14.9 Å². The van der Waals surface area contributed by atoms with Gasteiger partial charge in [-0.05, 0) is 67.8 Å². The lowest BCUT2D eigenvalue weighted by atomic mass is 9.70. The van der Waals surface area contributed by atoms with Gasteiger partial charge in [0.1, 0.15) is 5.41 Å². The Labute approximate surface area is 222 Å². The van der Waals surface area contributed by atoms with Crippen LogP contribution >= 0.6 is 0 Å². The third-order valence-corrected chi connectivity index (χ3v) is 7.48. The normalized spacial score (nSPS) is 19.1. The Balaban J connectivity index is 1.66. The number of carbonyl (C=O) groups is 4. The van der Waals surface area contributed by atoms with Crippen molar-refractivity contribution in [3.63, 3.8) is 0 Å². The molecule has 3 aromatic rings. The van der Waals surface area contributed by atoms with E-state index in [0.29, 0.717) is 23.5 Å². The molecule has 2 aliphatic rings. The molecule has 1 atom stereocenters. The highest BCUT2D eigenvalue weighted by Gasteiger charge is 2.67. The fourth-order valence-corrected chi connectivity index (χ4v) is 5.76. The number of benzene rings is 3. The zero-order chi connectivity index (χ0) is 27.0. The van der Waals surface area contributed by atoms with E-state index in [1.165, 1.54) is 10.0 Å². The molecule has 5 rings (SSSR count). The van der Waals surface area contributed by atoms with Gasteiger partial charge in [-0.2, -0.15) is 0 Å². The molecule has 194 valence electrons. The van der Waals surface area contributed by atoms with Crippen LogP contribution in [0.1, 0.15) is 43.7 Å². The van der Waals surface area contributed by atoms with Crippen LogP contribution in [0.2, 0.25) is 0 Å². The molecule has 0 radical (unpaired) electrons. The summed E-state index contributed by atoms with van der Waals surface area (Å²) in [4.78, 5) is 57.6. The van der Waals surface area contributed by atoms with Gasteiger partial charge in [-0.1, -0.05) is 62.2 Å². The number of hydrogen-bond donors (Lipinski definition) is 0. The number of hydrazine groups is 1. The van der Waals surface area contributed by atoms with Crippen LogP contribution in [0.5, 0.6) is 0 Å². The van der Waals surface area contributed by atoms with Crippen molar-refractivity contribution < 1.29 is 19.2 Å². The standard InChI is InChI=1S/C31H31N3O4/c1-4-5-16-31(26-20-27(35)32(28(26)36)25-18-21(2)17-22(3)19-25)29(37)33(23-12-8-6-9-13-23)34(30(31)38)24-14-10-7-11-15-24/h6-15,17-19,26H,4-5,16,20H2,1-3H3. The zero-order valence-corrected chi connectivity index (χ0v) is 21.9. The number of anilines is 3. The summed E-state index contributed by atoms with van der Waals surface area (Å²) in [5, 5.41) is 2.76. The molecule has 3 aromatic carbocycles. The third-order valence-electron chi connectivity index (χ3n) is 7.48. The van der Waals surface area contributed by atoms with Crippen molar-refractivity contribution in [1.29, 1.82) is 0 Å². The lowest BCUT2D eigenvalue weighted by Crippen LogP contribution is -2.47. The average Bonchev–Trinajstić information content (AvgIpc) is 3.32. The Morgan fingerprint density at radius 1 is 0.737 bits per heavy atom. The molecule has 0 spiro atoms. The molecule has 2 aliphatic heterocycles. The second-order valence-corrected chi connectivity index (χ2v) is 10.1. The topological polar surface area (TPSA) is 78.0 Å². The molecule has 2 saturated heterocycles. The Bertz CT molecular complexity index is 1330. The van der Waals surface area contributed by atoms with Crippen molar-refractivity contribution in [3.05, 3.63) is 90.0 Å². The van der Waals surface area contributed by atoms with Crippen molar-refractivity contribution >= 4 is 40.7 Å². The van der Waals surface area contributed by atoms with E-state index in [2.05, 4.69) is 0 Å². The minimum Gasteiger partial charge on any atom is -0.274 e. The first-order valence-corrected chi connectivity index (χ1v) is 13.0. The number of nitrogens with zero attached hydrogens (tertiary/aromatic N) is 3. The van der Waals surface area contributed by atoms with Crippen LogP contribution < -0.4 is 14.9 Å². The first-order valence-electron chi connectivity index (χ1n) is 13.0. The van der Waals surface area contributed by atoms with Crippen molar-refractivity contribution in [1.82, 2.24) is 0 Å². The number of aryl methyl sites for hydroxylation is 2. The largest absolute Gasteiger partial charge is 0.274 e. The van der Waals surface area contributed by atoms with Gasteiger partial charge in [-0.3, -0.25) is 24.1 Å². The summed E-state index contributed by atoms with van der Waals surface area (Å²) in [6, 6.07) is 23.5. The third kappa shape index (κ3) is 3.99. The van der Waals surface area contributed by atoms with E-state index in [1.807, 2.05) is 39.0 Å². The predicted octanol–water partition coefficient (Wildman–Crippen LogP) is 5.35. The van der Waals surface area contributed by atoms with E-state index in [1.54, 1.807) is 60.7 Å². The number of amides is 4. The minimum atomic E-state index is -1.69. The highest BCUT2D eigenvalue weighted by atomic mass is 16.2. The van der Waals surface area contributed by atoms with Crippen LogP contribution in [0.4, 0.5) is 17.1 Å². The molecule has 38 heavy (non-hydrogen) atoms. The second kappa shape index (κ2) is 9.89. The molecule has 0 aliphatic carbocycles. The number of imide groups is 1. The van der Waals surface area contributed by atoms with Gasteiger partial charge in [0.25, 0.3) is 11.8 Å². The van der Waals surface area contributed by atoms with E-state index in [0.717, 1.165) is 22.4 Å². The molecule has 0 bridgehead atoms. The number of hydrogen-bond acceptors (Lipinski definition) is 4. The van der Waals surface area contributed by atoms with E-state index in [9.17, 15) is 19.2 Å². The Morgan fingerprint density at radius 2 is 1.24 bits per heavy atom. The summed E-state index contributed by atoms with van der Waals surface area (Å²) in [6.45, 7) is 5.79. The van der Waals surface area contributed by atoms with Crippen molar-refractivity contribution in [2.45, 2.75) is 46.5 Å². The van der Waals surface area contributed by atoms with Crippen LogP contribution in [0.15, 0.2) is 78.9 Å². The maximum atomic E-state index is 14.5. The van der Waals surface area contributed by atoms with Crippen LogP contribution in [0.3, 0.4) is 0 Å². The van der Waals surface area contributed by atoms with Gasteiger partial charge < -0.3 is 0 Å². The van der Waals surface area contributed by atoms with Crippen LogP contribution in [0.25, 0.3) is 0 Å². The average molecular weight is 510 g/mol. The van der Waals surface area contributed by atoms with Crippen molar-refractivity contribution in [2.24, 2.45) is 11.3 Å². The summed E-state index contributed by atoms with van der Waals surface area (Å²) < 4.78 is 0. The van der Waals surface area contributed by atoms with E-state index in [-0.39, 0.29) is 12.8 Å². The molecule has 4 amide bonds. The van der Waals surface area contributed by atoms with Gasteiger partial charge >= 0.3 is 0 Å². The van der Waals surface area contributed by atoms with Gasteiger partial charge in [-0.15, -0.1) is 0 Å². The number of para-hydroxylation sites is 2. The van der Waals surface area contributed by atoms with Gasteiger partial charge in [-0.25, -0.2) is 10.0 Å². The predicted molar refractivity (Wildman–Crippen MR) is 146 cm³/mol. The van der Waals surface area contributed by atoms with Crippen molar-refractivity contribution in [3.8, 4) is 0 Å². The maximum absolute atomic E-state index is 14.5. The molecule has 7 nitrogen and oxygen atoms in total. The lowest BCUT2D eigenvalue weighted by molar-refractivity contribution is -0.144. The number of rotatable bonds is 7. The second-order valence-electron chi connectivity index (χ2n) is 10.1. The fraction of sp³-hybridized carbons (Fsp3) is 0.290. The summed E-state index contributed by atoms with van der Waals surface area (Å²) in [6.07, 6.45) is 1.27. The lowest BCUT2D eigenvalue weighted by Gasteiger charge is -2.29. The van der Waals surface area contributed by atoms with Crippen LogP contribution in [0, 0.1) is 25.2 Å². The highest BCUT2D eigenvalue weighted by Crippen LogP contribution is 2.50. The quantitative estimate of drug-likeness (QED) is 0.318. The van der Waals surface area contributed by atoms with E-state index >= 15 is 0 Å². The summed E-state index contributed by atoms with van der Waals surface area (Å²) in [7, 11) is 0. The highest BCUT2D eigenvalue weighted by molar-refractivity contribution is 6.31. The first kappa shape index (κ1) is 25.4. The fourth-order valence-electron chi connectivity index (χ4n) is 5.76. The monoisotopic (exact) mass is 509 g/mol. The summed E-state index contributed by atoms with van der Waals surface area (Å²) >= 11 is 0. The zero-order valence-electron chi connectivity index (χ0n) is 21.9. The van der Waals surface area contributed by atoms with E-state index in [4.69, 9.17) is 0 Å². The first-order chi connectivity index (χ1) is 18.3. The SMILES string of the molecule is CCCCC1(C2CC(=O)N(c3cc(C)cc(C)c3)C2=O)C(=O)N(c2ccccc2)N(c2ccccc2)C1=O. The molecule has 2 fully saturated rings. The van der Waals surface area contributed by atoms with Crippen LogP contribution in [-0.2, 0) is 19.2 Å². The molecular formula is C31H31N3O4. The van der Waals surface area contributed by atoms with Gasteiger partial charge in [0.15, 0.2) is 0 Å². The summed E-state index contributed by atoms with van der Waals surface area (Å²) in [5.74, 6) is -2.94. The molecule has 7 heteroatoms. The molecular weight excluding hydrogens is 478 g/mol. The smallest absolute Gasteiger partial charge is 0.262 e. The Hall–Kier alpha value is -4.26. The molecule has 0 aromatic heterocycles. The Kier molecular flexibility index (Phi) is 6.61. The molecule has 2 heterocycles. The number of carbonyl (C=O) groups excluding carboxylic acids is 4. The molecule has 0 N–H and O–H groups in total. The minimum absolute atomic E-state index is 0.179. The molecule has 1 unspecified atom stereocenters. The van der Waals surface area contributed by atoms with Gasteiger partial charge in [0.2, 0.25) is 11.8 Å². The Morgan fingerprint density at radius 3 is 1.71 bits per heavy atom. The van der Waals surface area contributed by atoms with Gasteiger partial charge in [0, 0.05) is 6.42 Å².